The summed E-state index contributed by atoms with van der Waals surface area (Å²) in [6.45, 7) is 0. The third-order valence-electron chi connectivity index (χ3n) is 2.44. The zero-order chi connectivity index (χ0) is 11.5. The van der Waals surface area contributed by atoms with Gasteiger partial charge in [-0.15, -0.1) is 5.10 Å². The van der Waals surface area contributed by atoms with Crippen LogP contribution in [0.1, 0.15) is 17.4 Å². The molecule has 0 fully saturated rings. The highest BCUT2D eigenvalue weighted by Gasteiger charge is 2.14. The van der Waals surface area contributed by atoms with Crippen molar-refractivity contribution in [1.82, 2.24) is 14.8 Å². The molecule has 0 spiro atoms. The molecule has 1 heterocycles. The molecule has 84 valence electrons. The molecular weight excluding hydrogens is 202 g/mol. The van der Waals surface area contributed by atoms with Crippen molar-refractivity contribution in [1.29, 1.82) is 0 Å². The first kappa shape index (κ1) is 10.6. The lowest BCUT2D eigenvalue weighted by atomic mass is 10.1. The van der Waals surface area contributed by atoms with Gasteiger partial charge in [-0.1, -0.05) is 30.3 Å². The highest BCUT2D eigenvalue weighted by Crippen LogP contribution is 2.14. The number of benzene rings is 1. The van der Waals surface area contributed by atoms with Crippen molar-refractivity contribution in [3.8, 4) is 0 Å². The Labute approximate surface area is 94.1 Å². The lowest BCUT2D eigenvalue weighted by Gasteiger charge is -2.10. The number of nitrogen functional groups attached to an aromatic ring is 1. The van der Waals surface area contributed by atoms with Crippen molar-refractivity contribution in [2.45, 2.75) is 12.5 Å². The normalized spacial score (nSPS) is 12.6. The minimum Gasteiger partial charge on any atom is -0.366 e. The molecule has 4 N–H and O–H groups in total. The van der Waals surface area contributed by atoms with Crippen molar-refractivity contribution in [3.05, 3.63) is 41.7 Å². The van der Waals surface area contributed by atoms with Crippen molar-refractivity contribution in [3.63, 3.8) is 0 Å². The fourth-order valence-electron chi connectivity index (χ4n) is 1.70. The van der Waals surface area contributed by atoms with Crippen molar-refractivity contribution in [2.24, 2.45) is 12.8 Å². The summed E-state index contributed by atoms with van der Waals surface area (Å²) >= 11 is 0. The summed E-state index contributed by atoms with van der Waals surface area (Å²) in [4.78, 5) is 4.11. The van der Waals surface area contributed by atoms with E-state index in [1.54, 1.807) is 11.7 Å². The van der Waals surface area contributed by atoms with Crippen LogP contribution < -0.4 is 11.5 Å². The maximum absolute atomic E-state index is 6.06. The van der Waals surface area contributed by atoms with E-state index in [4.69, 9.17) is 11.5 Å². The zero-order valence-corrected chi connectivity index (χ0v) is 9.17. The lowest BCUT2D eigenvalue weighted by molar-refractivity contribution is 0.601. The highest BCUT2D eigenvalue weighted by molar-refractivity contribution is 5.20. The smallest absolute Gasteiger partial charge is 0.239 e. The Kier molecular flexibility index (Phi) is 2.87. The van der Waals surface area contributed by atoms with Gasteiger partial charge in [-0.05, 0) is 12.0 Å². The summed E-state index contributed by atoms with van der Waals surface area (Å²) in [7, 11) is 1.80. The largest absolute Gasteiger partial charge is 0.366 e. The Morgan fingerprint density at radius 2 is 2.00 bits per heavy atom. The van der Waals surface area contributed by atoms with Gasteiger partial charge < -0.3 is 11.5 Å². The summed E-state index contributed by atoms with van der Waals surface area (Å²) in [5.74, 6) is 0.974. The molecule has 0 aliphatic carbocycles. The second-order valence-corrected chi connectivity index (χ2v) is 3.75. The fourth-order valence-corrected chi connectivity index (χ4v) is 1.70. The lowest BCUT2D eigenvalue weighted by Crippen LogP contribution is -2.18. The van der Waals surface area contributed by atoms with Crippen LogP contribution in [-0.4, -0.2) is 14.8 Å². The minimum atomic E-state index is -0.183. The Morgan fingerprint density at radius 3 is 2.56 bits per heavy atom. The van der Waals surface area contributed by atoms with E-state index in [2.05, 4.69) is 10.1 Å². The first-order valence-corrected chi connectivity index (χ1v) is 5.12. The minimum absolute atomic E-state index is 0.183. The van der Waals surface area contributed by atoms with Crippen LogP contribution >= 0.6 is 0 Å². The molecule has 16 heavy (non-hydrogen) atoms. The van der Waals surface area contributed by atoms with E-state index in [-0.39, 0.29) is 12.0 Å². The summed E-state index contributed by atoms with van der Waals surface area (Å²) in [6.07, 6.45) is 0.729. The van der Waals surface area contributed by atoms with E-state index in [1.807, 2.05) is 30.3 Å². The molecule has 0 saturated heterocycles. The van der Waals surface area contributed by atoms with Gasteiger partial charge >= 0.3 is 0 Å². The van der Waals surface area contributed by atoms with Gasteiger partial charge in [-0.2, -0.15) is 4.98 Å². The number of aromatic nitrogens is 3. The monoisotopic (exact) mass is 217 g/mol. The number of nitrogens with two attached hydrogens (primary N) is 2. The number of hydrogen-bond donors (Lipinski definition) is 2. The molecule has 5 nitrogen and oxygen atoms in total. The Hall–Kier alpha value is -1.88. The van der Waals surface area contributed by atoms with Crippen LogP contribution in [0.4, 0.5) is 5.95 Å². The Bertz CT molecular complexity index is 462. The van der Waals surface area contributed by atoms with E-state index in [9.17, 15) is 0 Å². The third kappa shape index (κ3) is 2.20. The van der Waals surface area contributed by atoms with Crippen molar-refractivity contribution < 1.29 is 0 Å². The second-order valence-electron chi connectivity index (χ2n) is 3.75. The molecule has 0 saturated carbocycles. The molecule has 2 rings (SSSR count). The average Bonchev–Trinajstić information content (AvgIpc) is 2.59. The molecule has 0 bridgehead atoms. The summed E-state index contributed by atoms with van der Waals surface area (Å²) in [5, 5.41) is 3.98. The Morgan fingerprint density at radius 1 is 1.31 bits per heavy atom. The fraction of sp³-hybridized carbons (Fsp3) is 0.273. The number of hydrogen-bond acceptors (Lipinski definition) is 4. The van der Waals surface area contributed by atoms with E-state index >= 15 is 0 Å². The van der Waals surface area contributed by atoms with Gasteiger partial charge in [0, 0.05) is 7.05 Å². The zero-order valence-electron chi connectivity index (χ0n) is 9.17. The molecule has 1 unspecified atom stereocenters. The van der Waals surface area contributed by atoms with Crippen LogP contribution in [0.15, 0.2) is 30.3 Å². The van der Waals surface area contributed by atoms with Gasteiger partial charge in [0.15, 0.2) is 0 Å². The van der Waals surface area contributed by atoms with Crippen LogP contribution in [0, 0.1) is 0 Å². The quantitative estimate of drug-likeness (QED) is 0.790. The van der Waals surface area contributed by atoms with Gasteiger partial charge in [0.25, 0.3) is 0 Å². The molecule has 0 aliphatic heterocycles. The summed E-state index contributed by atoms with van der Waals surface area (Å²) in [6, 6.07) is 9.87. The number of anilines is 1. The van der Waals surface area contributed by atoms with Crippen LogP contribution in [-0.2, 0) is 13.5 Å². The molecule has 2 aromatic rings. The van der Waals surface area contributed by atoms with Crippen LogP contribution in [0.25, 0.3) is 0 Å². The molecular formula is C11H15N5. The maximum atomic E-state index is 6.06. The van der Waals surface area contributed by atoms with Crippen LogP contribution in [0.3, 0.4) is 0 Å². The standard InChI is InChI=1S/C11H15N5/c1-16-10(14-11(13)15-16)9(12)7-8-5-3-2-4-6-8/h2-6,9H,7,12H2,1H3,(H2,13,15). The molecule has 1 aromatic heterocycles. The van der Waals surface area contributed by atoms with E-state index in [1.165, 1.54) is 5.56 Å². The average molecular weight is 217 g/mol. The molecule has 1 aromatic carbocycles. The first-order chi connectivity index (χ1) is 7.66. The first-order valence-electron chi connectivity index (χ1n) is 5.12. The Balaban J connectivity index is 2.14. The SMILES string of the molecule is Cn1nc(N)nc1C(N)Cc1ccccc1. The molecule has 1 atom stereocenters. The van der Waals surface area contributed by atoms with Crippen LogP contribution in [0.2, 0.25) is 0 Å². The van der Waals surface area contributed by atoms with Crippen LogP contribution in [0.5, 0.6) is 0 Å². The van der Waals surface area contributed by atoms with Crippen molar-refractivity contribution in [2.75, 3.05) is 5.73 Å². The van der Waals surface area contributed by atoms with E-state index in [0.717, 1.165) is 6.42 Å². The van der Waals surface area contributed by atoms with Crippen molar-refractivity contribution >= 4 is 5.95 Å². The highest BCUT2D eigenvalue weighted by atomic mass is 15.4. The van der Waals surface area contributed by atoms with Gasteiger partial charge in [0.2, 0.25) is 5.95 Å². The predicted octanol–water partition coefficient (Wildman–Crippen LogP) is 0.640. The van der Waals surface area contributed by atoms with Gasteiger partial charge in [-0.25, -0.2) is 4.68 Å². The van der Waals surface area contributed by atoms with Gasteiger partial charge in [0.05, 0.1) is 6.04 Å². The predicted molar refractivity (Wildman–Crippen MR) is 62.5 cm³/mol. The molecule has 5 heteroatoms. The molecule has 0 aliphatic rings. The second kappa shape index (κ2) is 4.32. The maximum Gasteiger partial charge on any atom is 0.239 e. The van der Waals surface area contributed by atoms with E-state index < -0.39 is 0 Å². The third-order valence-corrected chi connectivity index (χ3v) is 2.44. The number of nitrogens with zero attached hydrogens (tertiary/aromatic N) is 3. The van der Waals surface area contributed by atoms with Gasteiger partial charge in [-0.3, -0.25) is 0 Å². The molecule has 0 amide bonds. The summed E-state index contributed by atoms with van der Waals surface area (Å²) < 4.78 is 1.63. The molecule has 0 radical (unpaired) electrons. The van der Waals surface area contributed by atoms with Gasteiger partial charge in [0.1, 0.15) is 5.82 Å². The number of rotatable bonds is 3. The summed E-state index contributed by atoms with van der Waals surface area (Å²) in [5.41, 5.74) is 12.8. The number of aryl methyl sites for hydroxylation is 1. The topological polar surface area (TPSA) is 82.8 Å². The van der Waals surface area contributed by atoms with E-state index in [0.29, 0.717) is 5.82 Å².